The van der Waals surface area contributed by atoms with Crippen molar-refractivity contribution in [2.45, 2.75) is 77.4 Å². The van der Waals surface area contributed by atoms with Gasteiger partial charge in [0.05, 0.1) is 13.7 Å². The summed E-state index contributed by atoms with van der Waals surface area (Å²) in [5, 5.41) is 3.17. The largest absolute Gasteiger partial charge is 0.497 e. The van der Waals surface area contributed by atoms with Crippen LogP contribution in [0.25, 0.3) is 0 Å². The molecule has 0 bridgehead atoms. The molecule has 0 spiro atoms. The molecule has 6 nitrogen and oxygen atoms in total. The summed E-state index contributed by atoms with van der Waals surface area (Å²) in [4.78, 5) is 28.0. The fourth-order valence-corrected chi connectivity index (χ4v) is 4.31. The van der Waals surface area contributed by atoms with E-state index in [1.165, 1.54) is 12.0 Å². The van der Waals surface area contributed by atoms with Crippen molar-refractivity contribution in [2.75, 3.05) is 13.7 Å². The maximum Gasteiger partial charge on any atom is 0.242 e. The second-order valence-corrected chi connectivity index (χ2v) is 9.16. The molecule has 1 aliphatic carbocycles. The van der Waals surface area contributed by atoms with Crippen LogP contribution < -0.4 is 14.8 Å². The molecule has 2 aromatic rings. The third-order valence-electron chi connectivity index (χ3n) is 6.43. The number of ether oxygens (including phenoxy) is 2. The number of amides is 2. The number of carbonyl (C=O) groups is 2. The molecule has 0 radical (unpaired) electrons. The summed E-state index contributed by atoms with van der Waals surface area (Å²) in [6, 6.07) is 15.2. The highest BCUT2D eigenvalue weighted by molar-refractivity contribution is 5.87. The Morgan fingerprint density at radius 3 is 2.50 bits per heavy atom. The van der Waals surface area contributed by atoms with E-state index in [0.717, 1.165) is 42.7 Å². The minimum Gasteiger partial charge on any atom is -0.497 e. The van der Waals surface area contributed by atoms with Gasteiger partial charge in [-0.05, 0) is 62.9 Å². The van der Waals surface area contributed by atoms with Crippen molar-refractivity contribution >= 4 is 11.8 Å². The van der Waals surface area contributed by atoms with E-state index < -0.39 is 6.04 Å². The smallest absolute Gasteiger partial charge is 0.242 e. The van der Waals surface area contributed by atoms with E-state index in [9.17, 15) is 9.59 Å². The van der Waals surface area contributed by atoms with Gasteiger partial charge in [0.25, 0.3) is 0 Å². The number of hydrogen-bond acceptors (Lipinski definition) is 4. The molecular weight excluding hydrogens is 428 g/mol. The normalized spacial score (nSPS) is 14.8. The first-order chi connectivity index (χ1) is 16.5. The molecule has 0 saturated heterocycles. The third-order valence-corrected chi connectivity index (χ3v) is 6.43. The number of carbonyl (C=O) groups excluding carboxylic acids is 2. The number of aryl methyl sites for hydroxylation is 1. The van der Waals surface area contributed by atoms with E-state index in [0.29, 0.717) is 26.0 Å². The average Bonchev–Trinajstić information content (AvgIpc) is 2.86. The zero-order valence-corrected chi connectivity index (χ0v) is 20.7. The van der Waals surface area contributed by atoms with Gasteiger partial charge in [-0.3, -0.25) is 9.59 Å². The van der Waals surface area contributed by atoms with Crippen LogP contribution in [0.5, 0.6) is 11.5 Å². The topological polar surface area (TPSA) is 67.9 Å². The lowest BCUT2D eigenvalue weighted by atomic mass is 9.95. The molecule has 34 heavy (non-hydrogen) atoms. The van der Waals surface area contributed by atoms with Gasteiger partial charge in [0.1, 0.15) is 17.5 Å². The van der Waals surface area contributed by atoms with Crippen molar-refractivity contribution in [3.63, 3.8) is 0 Å². The lowest BCUT2D eigenvalue weighted by Crippen LogP contribution is -2.50. The standard InChI is InChI=1S/C28H38N2O4/c1-21-14-16-25(17-15-21)34-18-8-13-27(31)30(20-23-9-7-12-26(19-23)33-3)22(2)28(32)29-24-10-5-4-6-11-24/h7,9,12,14-17,19,22,24H,4-6,8,10-11,13,18,20H2,1-3H3,(H,29,32)/t22-/m1/s1. The van der Waals surface area contributed by atoms with Crippen molar-refractivity contribution in [2.24, 2.45) is 0 Å². The molecule has 1 N–H and O–H groups in total. The summed E-state index contributed by atoms with van der Waals surface area (Å²) in [5.41, 5.74) is 2.11. The minimum atomic E-state index is -0.557. The Morgan fingerprint density at radius 1 is 1.06 bits per heavy atom. The zero-order chi connectivity index (χ0) is 24.3. The zero-order valence-electron chi connectivity index (χ0n) is 20.7. The molecule has 1 aliphatic rings. The van der Waals surface area contributed by atoms with Crippen molar-refractivity contribution in [3.05, 3.63) is 59.7 Å². The van der Waals surface area contributed by atoms with Crippen LogP contribution in [0.1, 0.15) is 63.0 Å². The van der Waals surface area contributed by atoms with Gasteiger partial charge >= 0.3 is 0 Å². The average molecular weight is 467 g/mol. The van der Waals surface area contributed by atoms with Crippen LogP contribution in [0.3, 0.4) is 0 Å². The summed E-state index contributed by atoms with van der Waals surface area (Å²) in [7, 11) is 1.62. The highest BCUT2D eigenvalue weighted by Gasteiger charge is 2.28. The molecule has 2 amide bonds. The first-order valence-corrected chi connectivity index (χ1v) is 12.4. The molecule has 0 unspecified atom stereocenters. The first-order valence-electron chi connectivity index (χ1n) is 12.4. The Kier molecular flexibility index (Phi) is 9.80. The van der Waals surface area contributed by atoms with Gasteiger partial charge in [-0.25, -0.2) is 0 Å². The van der Waals surface area contributed by atoms with E-state index >= 15 is 0 Å². The SMILES string of the molecule is COc1cccc(CN(C(=O)CCCOc2ccc(C)cc2)[C@H](C)C(=O)NC2CCCCC2)c1. The maximum absolute atomic E-state index is 13.3. The molecule has 0 aromatic heterocycles. The summed E-state index contributed by atoms with van der Waals surface area (Å²) in [6.07, 6.45) is 6.44. The van der Waals surface area contributed by atoms with E-state index in [-0.39, 0.29) is 17.9 Å². The van der Waals surface area contributed by atoms with Gasteiger partial charge in [0.2, 0.25) is 11.8 Å². The highest BCUT2D eigenvalue weighted by Crippen LogP contribution is 2.20. The van der Waals surface area contributed by atoms with E-state index in [2.05, 4.69) is 5.32 Å². The Balaban J connectivity index is 1.62. The fraction of sp³-hybridized carbons (Fsp3) is 0.500. The van der Waals surface area contributed by atoms with Gasteiger partial charge < -0.3 is 19.7 Å². The number of hydrogen-bond donors (Lipinski definition) is 1. The van der Waals surface area contributed by atoms with Crippen molar-refractivity contribution in [3.8, 4) is 11.5 Å². The monoisotopic (exact) mass is 466 g/mol. The summed E-state index contributed by atoms with van der Waals surface area (Å²) < 4.78 is 11.1. The Morgan fingerprint density at radius 2 is 1.79 bits per heavy atom. The van der Waals surface area contributed by atoms with Gasteiger partial charge in [-0.1, -0.05) is 49.1 Å². The molecule has 0 heterocycles. The summed E-state index contributed by atoms with van der Waals surface area (Å²) in [6.45, 7) is 4.66. The Bertz CT molecular complexity index is 922. The quantitative estimate of drug-likeness (QED) is 0.472. The van der Waals surface area contributed by atoms with Crippen LogP contribution in [0.4, 0.5) is 0 Å². The number of benzene rings is 2. The molecule has 1 saturated carbocycles. The van der Waals surface area contributed by atoms with Gasteiger partial charge in [0.15, 0.2) is 0 Å². The van der Waals surface area contributed by atoms with E-state index in [1.54, 1.807) is 12.0 Å². The number of methoxy groups -OCH3 is 1. The van der Waals surface area contributed by atoms with Crippen molar-refractivity contribution in [1.29, 1.82) is 0 Å². The van der Waals surface area contributed by atoms with E-state index in [4.69, 9.17) is 9.47 Å². The van der Waals surface area contributed by atoms with Crippen LogP contribution in [0, 0.1) is 6.92 Å². The molecule has 1 atom stereocenters. The summed E-state index contributed by atoms with van der Waals surface area (Å²) >= 11 is 0. The number of rotatable bonds is 11. The van der Waals surface area contributed by atoms with Crippen LogP contribution in [0.2, 0.25) is 0 Å². The molecule has 2 aromatic carbocycles. The molecular formula is C28H38N2O4. The second kappa shape index (κ2) is 13.0. The molecule has 1 fully saturated rings. The predicted octanol–water partition coefficient (Wildman–Crippen LogP) is 5.03. The lowest BCUT2D eigenvalue weighted by Gasteiger charge is -2.31. The molecule has 184 valence electrons. The summed E-state index contributed by atoms with van der Waals surface area (Å²) in [5.74, 6) is 1.39. The van der Waals surface area contributed by atoms with Gasteiger partial charge in [-0.15, -0.1) is 0 Å². The van der Waals surface area contributed by atoms with Crippen LogP contribution in [-0.2, 0) is 16.1 Å². The third kappa shape index (κ3) is 7.79. The van der Waals surface area contributed by atoms with E-state index in [1.807, 2.05) is 62.4 Å². The molecule has 0 aliphatic heterocycles. The van der Waals surface area contributed by atoms with Crippen LogP contribution in [-0.4, -0.2) is 42.5 Å². The Hall–Kier alpha value is -3.02. The first kappa shape index (κ1) is 25.6. The Labute approximate surface area is 203 Å². The fourth-order valence-electron chi connectivity index (χ4n) is 4.31. The maximum atomic E-state index is 13.3. The van der Waals surface area contributed by atoms with Crippen molar-refractivity contribution in [1.82, 2.24) is 10.2 Å². The lowest BCUT2D eigenvalue weighted by molar-refractivity contribution is -0.141. The van der Waals surface area contributed by atoms with Crippen LogP contribution >= 0.6 is 0 Å². The predicted molar refractivity (Wildman–Crippen MR) is 134 cm³/mol. The number of nitrogens with one attached hydrogen (secondary N) is 1. The highest BCUT2D eigenvalue weighted by atomic mass is 16.5. The minimum absolute atomic E-state index is 0.0541. The molecule has 6 heteroatoms. The number of nitrogens with zero attached hydrogens (tertiary/aromatic N) is 1. The second-order valence-electron chi connectivity index (χ2n) is 9.16. The molecule has 3 rings (SSSR count). The van der Waals surface area contributed by atoms with Crippen LogP contribution in [0.15, 0.2) is 48.5 Å². The van der Waals surface area contributed by atoms with Gasteiger partial charge in [0, 0.05) is 19.0 Å². The van der Waals surface area contributed by atoms with Crippen molar-refractivity contribution < 1.29 is 19.1 Å². The van der Waals surface area contributed by atoms with Gasteiger partial charge in [-0.2, -0.15) is 0 Å².